The highest BCUT2D eigenvalue weighted by Crippen LogP contribution is 2.33. The van der Waals surface area contributed by atoms with Crippen LogP contribution in [0.15, 0.2) is 56.7 Å². The van der Waals surface area contributed by atoms with Crippen LogP contribution in [0.1, 0.15) is 39.8 Å². The fraction of sp³-hybridized carbons (Fsp3) is 0.238. The molecule has 10 heteroatoms. The minimum atomic E-state index is -0.794. The SMILES string of the molecule is COc1ccc(C2=NN(C(=O)COC(=O)c3c(C)noc3N)[C@@H](c3ccco3)C2)cc1. The average molecular weight is 424 g/mol. The van der Waals surface area contributed by atoms with E-state index in [-0.39, 0.29) is 17.1 Å². The van der Waals surface area contributed by atoms with Gasteiger partial charge in [-0.1, -0.05) is 5.16 Å². The summed E-state index contributed by atoms with van der Waals surface area (Å²) in [5.41, 5.74) is 7.41. The second-order valence-electron chi connectivity index (χ2n) is 6.83. The molecule has 31 heavy (non-hydrogen) atoms. The number of furan rings is 1. The van der Waals surface area contributed by atoms with E-state index < -0.39 is 24.5 Å². The molecule has 2 N–H and O–H groups in total. The van der Waals surface area contributed by atoms with Gasteiger partial charge in [0, 0.05) is 6.42 Å². The lowest BCUT2D eigenvalue weighted by atomic mass is 10.0. The number of ether oxygens (including phenoxy) is 2. The number of benzene rings is 1. The first-order valence-corrected chi connectivity index (χ1v) is 9.44. The largest absolute Gasteiger partial charge is 0.497 e. The number of amides is 1. The highest BCUT2D eigenvalue weighted by molar-refractivity contribution is 6.03. The molecule has 0 aliphatic carbocycles. The first kappa shape index (κ1) is 20.2. The van der Waals surface area contributed by atoms with Gasteiger partial charge in [0.05, 0.1) is 24.8 Å². The van der Waals surface area contributed by atoms with E-state index in [1.165, 1.54) is 11.3 Å². The van der Waals surface area contributed by atoms with Crippen LogP contribution in [0.2, 0.25) is 0 Å². The number of methoxy groups -OCH3 is 1. The second-order valence-corrected chi connectivity index (χ2v) is 6.83. The smallest absolute Gasteiger partial charge is 0.346 e. The zero-order valence-electron chi connectivity index (χ0n) is 16.9. The number of hydrogen-bond donors (Lipinski definition) is 1. The van der Waals surface area contributed by atoms with Crippen LogP contribution < -0.4 is 10.5 Å². The molecule has 3 aromatic rings. The number of hydrazone groups is 1. The van der Waals surface area contributed by atoms with Crippen LogP contribution >= 0.6 is 0 Å². The number of carbonyl (C=O) groups excluding carboxylic acids is 2. The van der Waals surface area contributed by atoms with Gasteiger partial charge in [-0.15, -0.1) is 0 Å². The van der Waals surface area contributed by atoms with Crippen LogP contribution in [0.5, 0.6) is 5.75 Å². The second kappa shape index (κ2) is 8.34. The van der Waals surface area contributed by atoms with Crippen molar-refractivity contribution in [2.45, 2.75) is 19.4 Å². The molecule has 0 spiro atoms. The predicted molar refractivity (Wildman–Crippen MR) is 108 cm³/mol. The van der Waals surface area contributed by atoms with E-state index in [9.17, 15) is 9.59 Å². The third-order valence-electron chi connectivity index (χ3n) is 4.88. The van der Waals surface area contributed by atoms with Crippen LogP contribution in [-0.4, -0.2) is 41.5 Å². The number of hydrogen-bond acceptors (Lipinski definition) is 9. The van der Waals surface area contributed by atoms with Gasteiger partial charge in [-0.05, 0) is 48.9 Å². The van der Waals surface area contributed by atoms with Gasteiger partial charge in [-0.3, -0.25) is 4.79 Å². The Balaban J connectivity index is 1.53. The van der Waals surface area contributed by atoms with Crippen molar-refractivity contribution in [3.8, 4) is 5.75 Å². The zero-order valence-corrected chi connectivity index (χ0v) is 16.9. The van der Waals surface area contributed by atoms with Gasteiger partial charge in [0.1, 0.15) is 23.1 Å². The maximum absolute atomic E-state index is 12.9. The highest BCUT2D eigenvalue weighted by Gasteiger charge is 2.35. The first-order chi connectivity index (χ1) is 15.0. The molecule has 0 saturated heterocycles. The van der Waals surface area contributed by atoms with Crippen molar-refractivity contribution in [1.82, 2.24) is 10.2 Å². The van der Waals surface area contributed by atoms with E-state index in [2.05, 4.69) is 10.3 Å². The Morgan fingerprint density at radius 1 is 1.26 bits per heavy atom. The topological polar surface area (TPSA) is 133 Å². The van der Waals surface area contributed by atoms with Crippen molar-refractivity contribution >= 4 is 23.5 Å². The molecule has 2 aromatic heterocycles. The van der Waals surface area contributed by atoms with Crippen molar-refractivity contribution in [3.63, 3.8) is 0 Å². The lowest BCUT2D eigenvalue weighted by Gasteiger charge is -2.19. The summed E-state index contributed by atoms with van der Waals surface area (Å²) in [5.74, 6) is -0.174. The molecule has 0 saturated carbocycles. The minimum Gasteiger partial charge on any atom is -0.497 e. The van der Waals surface area contributed by atoms with Crippen LogP contribution in [0.4, 0.5) is 5.88 Å². The number of nitrogens with two attached hydrogens (primary N) is 1. The molecule has 0 bridgehead atoms. The number of rotatable bonds is 6. The van der Waals surface area contributed by atoms with E-state index in [0.717, 1.165) is 5.56 Å². The quantitative estimate of drug-likeness (QED) is 0.597. The first-order valence-electron chi connectivity index (χ1n) is 9.44. The molecule has 10 nitrogen and oxygen atoms in total. The predicted octanol–water partition coefficient (Wildman–Crippen LogP) is 2.70. The number of esters is 1. The van der Waals surface area contributed by atoms with E-state index in [0.29, 0.717) is 23.6 Å². The van der Waals surface area contributed by atoms with E-state index in [1.807, 2.05) is 24.3 Å². The van der Waals surface area contributed by atoms with E-state index in [1.54, 1.807) is 26.2 Å². The van der Waals surface area contributed by atoms with Crippen molar-refractivity contribution in [2.24, 2.45) is 5.10 Å². The van der Waals surface area contributed by atoms with Crippen molar-refractivity contribution < 1.29 is 28.0 Å². The lowest BCUT2D eigenvalue weighted by molar-refractivity contribution is -0.136. The summed E-state index contributed by atoms with van der Waals surface area (Å²) in [4.78, 5) is 25.2. The number of anilines is 1. The van der Waals surface area contributed by atoms with Gasteiger partial charge >= 0.3 is 5.97 Å². The minimum absolute atomic E-state index is 0.000713. The Morgan fingerprint density at radius 2 is 2.03 bits per heavy atom. The Bertz CT molecular complexity index is 1100. The Kier molecular flexibility index (Phi) is 5.44. The fourth-order valence-electron chi connectivity index (χ4n) is 3.30. The lowest BCUT2D eigenvalue weighted by Crippen LogP contribution is -2.31. The number of carbonyl (C=O) groups is 2. The summed E-state index contributed by atoms with van der Waals surface area (Å²) < 4.78 is 20.6. The van der Waals surface area contributed by atoms with Crippen molar-refractivity contribution in [1.29, 1.82) is 0 Å². The number of nitrogen functional groups attached to an aromatic ring is 1. The normalized spacial score (nSPS) is 15.6. The third-order valence-corrected chi connectivity index (χ3v) is 4.88. The summed E-state index contributed by atoms with van der Waals surface area (Å²) >= 11 is 0. The molecule has 0 radical (unpaired) electrons. The Morgan fingerprint density at radius 3 is 2.65 bits per heavy atom. The van der Waals surface area contributed by atoms with Gasteiger partial charge < -0.3 is 24.1 Å². The molecule has 160 valence electrons. The summed E-state index contributed by atoms with van der Waals surface area (Å²) in [5, 5.41) is 9.36. The van der Waals surface area contributed by atoms with Gasteiger partial charge in [0.15, 0.2) is 6.61 Å². The van der Waals surface area contributed by atoms with Crippen LogP contribution in [0, 0.1) is 6.92 Å². The van der Waals surface area contributed by atoms with Gasteiger partial charge in [-0.25, -0.2) is 9.80 Å². The molecular weight excluding hydrogens is 404 g/mol. The number of aryl methyl sites for hydroxylation is 1. The number of nitrogens with zero attached hydrogens (tertiary/aromatic N) is 3. The van der Waals surface area contributed by atoms with E-state index in [4.69, 9.17) is 24.1 Å². The maximum atomic E-state index is 12.9. The number of aromatic nitrogens is 1. The molecule has 1 amide bonds. The molecule has 0 fully saturated rings. The molecule has 4 rings (SSSR count). The van der Waals surface area contributed by atoms with Crippen LogP contribution in [0.25, 0.3) is 0 Å². The van der Waals surface area contributed by atoms with Crippen molar-refractivity contribution in [2.75, 3.05) is 19.5 Å². The standard InChI is InChI=1S/C21H20N4O6/c1-12-19(20(22)31-24-12)21(27)30-11-18(26)25-16(17-4-3-9-29-17)10-15(23-25)13-5-7-14(28-2)8-6-13/h3-9,16H,10-11,22H2,1-2H3/t16-/m1/s1. The van der Waals surface area contributed by atoms with E-state index >= 15 is 0 Å². The molecule has 0 unspecified atom stereocenters. The molecule has 1 atom stereocenters. The molecule has 3 heterocycles. The van der Waals surface area contributed by atoms with Gasteiger partial charge in [-0.2, -0.15) is 5.10 Å². The molecule has 1 aliphatic heterocycles. The van der Waals surface area contributed by atoms with Crippen LogP contribution in [0.3, 0.4) is 0 Å². The molecule has 1 aliphatic rings. The molecule has 1 aromatic carbocycles. The van der Waals surface area contributed by atoms with Gasteiger partial charge in [0.25, 0.3) is 5.91 Å². The van der Waals surface area contributed by atoms with Crippen molar-refractivity contribution in [3.05, 3.63) is 65.2 Å². The Labute approximate surface area is 177 Å². The maximum Gasteiger partial charge on any atom is 0.346 e. The summed E-state index contributed by atoms with van der Waals surface area (Å²) in [6, 6.07) is 10.4. The molecular formula is C21H20N4O6. The summed E-state index contributed by atoms with van der Waals surface area (Å²) in [6.07, 6.45) is 1.97. The fourth-order valence-corrected chi connectivity index (χ4v) is 3.30. The average Bonchev–Trinajstić information content (AvgIpc) is 3.52. The van der Waals surface area contributed by atoms with Crippen LogP contribution in [-0.2, 0) is 9.53 Å². The van der Waals surface area contributed by atoms with Gasteiger partial charge in [0.2, 0.25) is 5.88 Å². The highest BCUT2D eigenvalue weighted by atomic mass is 16.5. The monoisotopic (exact) mass is 424 g/mol. The summed E-state index contributed by atoms with van der Waals surface area (Å²) in [6.45, 7) is 1.02. The zero-order chi connectivity index (χ0) is 22.0. The Hall–Kier alpha value is -4.08. The third kappa shape index (κ3) is 4.00. The summed E-state index contributed by atoms with van der Waals surface area (Å²) in [7, 11) is 1.59.